The summed E-state index contributed by atoms with van der Waals surface area (Å²) in [5.41, 5.74) is 6.21. The van der Waals surface area contributed by atoms with Gasteiger partial charge in [-0.1, -0.05) is 27.7 Å². The number of ether oxygens (including phenoxy) is 1. The Hall–Kier alpha value is -1.11. The highest BCUT2D eigenvalue weighted by atomic mass is 32.2. The predicted octanol–water partition coefficient (Wildman–Crippen LogP) is 1.87. The van der Waals surface area contributed by atoms with Gasteiger partial charge in [0.05, 0.1) is 12.0 Å². The van der Waals surface area contributed by atoms with Crippen LogP contribution in [0.5, 0.6) is 5.75 Å². The molecule has 1 aromatic carbocycles. The molecule has 21 heavy (non-hydrogen) atoms. The molecule has 1 aromatic rings. The Kier molecular flexibility index (Phi) is 3.85. The first-order chi connectivity index (χ1) is 9.57. The molecular weight excluding hydrogens is 288 g/mol. The average Bonchev–Trinajstić information content (AvgIpc) is 2.79. The van der Waals surface area contributed by atoms with Crippen molar-refractivity contribution in [2.45, 2.75) is 45.2 Å². The molecule has 3 N–H and O–H groups in total. The molecule has 1 fully saturated rings. The maximum atomic E-state index is 12.5. The van der Waals surface area contributed by atoms with Crippen LogP contribution in [0, 0.1) is 10.8 Å². The number of benzene rings is 1. The van der Waals surface area contributed by atoms with Gasteiger partial charge in [-0.25, -0.2) is 13.1 Å². The smallest absolute Gasteiger partial charge is 0.240 e. The molecule has 0 saturated heterocycles. The summed E-state index contributed by atoms with van der Waals surface area (Å²) >= 11 is 0. The molecule has 1 aliphatic carbocycles. The summed E-state index contributed by atoms with van der Waals surface area (Å²) in [6.45, 7) is 8.50. The molecule has 0 atom stereocenters. The van der Waals surface area contributed by atoms with Crippen LogP contribution in [0.2, 0.25) is 0 Å². The second kappa shape index (κ2) is 4.97. The second-order valence-corrected chi connectivity index (χ2v) is 8.39. The van der Waals surface area contributed by atoms with E-state index in [1.54, 1.807) is 18.2 Å². The molecule has 5 nitrogen and oxygen atoms in total. The van der Waals surface area contributed by atoms with E-state index in [9.17, 15) is 8.42 Å². The van der Waals surface area contributed by atoms with E-state index in [-0.39, 0.29) is 28.3 Å². The van der Waals surface area contributed by atoms with E-state index < -0.39 is 10.0 Å². The van der Waals surface area contributed by atoms with Crippen molar-refractivity contribution in [2.24, 2.45) is 16.6 Å². The third-order valence-electron chi connectivity index (χ3n) is 5.08. The summed E-state index contributed by atoms with van der Waals surface area (Å²) in [7, 11) is -2.02. The minimum absolute atomic E-state index is 0.0523. The zero-order valence-corrected chi connectivity index (χ0v) is 14.0. The SMILES string of the molecule is COc1ccc(S(=O)(=O)NC2C(C)(C)C2(C)C)cc1CN. The summed E-state index contributed by atoms with van der Waals surface area (Å²) < 4.78 is 33.0. The first-order valence-electron chi connectivity index (χ1n) is 6.97. The molecule has 1 aliphatic rings. The van der Waals surface area contributed by atoms with Crippen molar-refractivity contribution in [1.29, 1.82) is 0 Å². The first-order valence-corrected chi connectivity index (χ1v) is 8.45. The predicted molar refractivity (Wildman–Crippen MR) is 82.6 cm³/mol. The normalized spacial score (nSPS) is 20.3. The summed E-state index contributed by atoms with van der Waals surface area (Å²) in [6, 6.07) is 4.69. The summed E-state index contributed by atoms with van der Waals surface area (Å²) in [5, 5.41) is 0. The number of rotatable bonds is 5. The fraction of sp³-hybridized carbons (Fsp3) is 0.600. The van der Waals surface area contributed by atoms with Crippen molar-refractivity contribution >= 4 is 10.0 Å². The van der Waals surface area contributed by atoms with E-state index in [1.165, 1.54) is 7.11 Å². The Morgan fingerprint density at radius 2 is 1.81 bits per heavy atom. The van der Waals surface area contributed by atoms with Gasteiger partial charge in [-0.2, -0.15) is 0 Å². The van der Waals surface area contributed by atoms with Gasteiger partial charge in [-0.15, -0.1) is 0 Å². The van der Waals surface area contributed by atoms with Crippen LogP contribution in [0.1, 0.15) is 33.3 Å². The number of sulfonamides is 1. The van der Waals surface area contributed by atoms with Gasteiger partial charge in [0, 0.05) is 18.2 Å². The van der Waals surface area contributed by atoms with Crippen molar-refractivity contribution in [1.82, 2.24) is 4.72 Å². The highest BCUT2D eigenvalue weighted by Gasteiger charge is 2.66. The van der Waals surface area contributed by atoms with Crippen LogP contribution in [0.3, 0.4) is 0 Å². The van der Waals surface area contributed by atoms with Crippen LogP contribution in [-0.2, 0) is 16.6 Å². The quantitative estimate of drug-likeness (QED) is 0.869. The highest BCUT2D eigenvalue weighted by molar-refractivity contribution is 7.89. The summed E-state index contributed by atoms with van der Waals surface area (Å²) in [6.07, 6.45) is 0. The lowest BCUT2D eigenvalue weighted by Gasteiger charge is -2.12. The maximum absolute atomic E-state index is 12.5. The van der Waals surface area contributed by atoms with E-state index in [4.69, 9.17) is 10.5 Å². The third kappa shape index (κ3) is 2.56. The van der Waals surface area contributed by atoms with Gasteiger partial charge in [0.2, 0.25) is 10.0 Å². The van der Waals surface area contributed by atoms with Gasteiger partial charge >= 0.3 is 0 Å². The van der Waals surface area contributed by atoms with Crippen LogP contribution in [-0.4, -0.2) is 21.6 Å². The molecule has 0 aromatic heterocycles. The van der Waals surface area contributed by atoms with Gasteiger partial charge < -0.3 is 10.5 Å². The molecule has 118 valence electrons. The highest BCUT2D eigenvalue weighted by Crippen LogP contribution is 2.62. The number of methoxy groups -OCH3 is 1. The molecule has 0 unspecified atom stereocenters. The number of hydrogen-bond donors (Lipinski definition) is 2. The largest absolute Gasteiger partial charge is 0.496 e. The summed E-state index contributed by atoms with van der Waals surface area (Å²) in [4.78, 5) is 0.224. The molecule has 0 radical (unpaired) electrons. The minimum atomic E-state index is -3.56. The monoisotopic (exact) mass is 312 g/mol. The molecule has 0 amide bonds. The molecule has 2 rings (SSSR count). The van der Waals surface area contributed by atoms with Crippen molar-refractivity contribution in [3.05, 3.63) is 23.8 Å². The Morgan fingerprint density at radius 3 is 2.24 bits per heavy atom. The topological polar surface area (TPSA) is 81.4 Å². The van der Waals surface area contributed by atoms with Gasteiger partial charge in [0.15, 0.2) is 0 Å². The van der Waals surface area contributed by atoms with Gasteiger partial charge in [0.25, 0.3) is 0 Å². The van der Waals surface area contributed by atoms with Crippen LogP contribution in [0.25, 0.3) is 0 Å². The van der Waals surface area contributed by atoms with Crippen molar-refractivity contribution < 1.29 is 13.2 Å². The van der Waals surface area contributed by atoms with Crippen molar-refractivity contribution in [3.8, 4) is 5.75 Å². The zero-order chi connectivity index (χ0) is 16.1. The Bertz CT molecular complexity index is 637. The lowest BCUT2D eigenvalue weighted by Crippen LogP contribution is -2.30. The Morgan fingerprint density at radius 1 is 1.24 bits per heavy atom. The van der Waals surface area contributed by atoms with Gasteiger partial charge in [0.1, 0.15) is 5.75 Å². The number of nitrogens with two attached hydrogens (primary N) is 1. The van der Waals surface area contributed by atoms with E-state index in [1.807, 2.05) is 0 Å². The maximum Gasteiger partial charge on any atom is 0.240 e. The minimum Gasteiger partial charge on any atom is -0.496 e. The van der Waals surface area contributed by atoms with Crippen LogP contribution < -0.4 is 15.2 Å². The van der Waals surface area contributed by atoms with Crippen LogP contribution in [0.15, 0.2) is 23.1 Å². The molecular formula is C15H24N2O3S. The van der Waals surface area contributed by atoms with E-state index >= 15 is 0 Å². The van der Waals surface area contributed by atoms with E-state index in [0.717, 1.165) is 0 Å². The zero-order valence-electron chi connectivity index (χ0n) is 13.2. The summed E-state index contributed by atoms with van der Waals surface area (Å²) in [5.74, 6) is 0.600. The molecule has 1 saturated carbocycles. The fourth-order valence-corrected chi connectivity index (χ4v) is 4.38. The van der Waals surface area contributed by atoms with E-state index in [2.05, 4.69) is 32.4 Å². The number of nitrogens with one attached hydrogen (secondary N) is 1. The van der Waals surface area contributed by atoms with E-state index in [0.29, 0.717) is 11.3 Å². The first kappa shape index (κ1) is 16.3. The fourth-order valence-electron chi connectivity index (χ4n) is 2.80. The third-order valence-corrected chi connectivity index (χ3v) is 6.50. The van der Waals surface area contributed by atoms with Crippen molar-refractivity contribution in [3.63, 3.8) is 0 Å². The van der Waals surface area contributed by atoms with Crippen LogP contribution >= 0.6 is 0 Å². The lowest BCUT2D eigenvalue weighted by molar-refractivity contribution is 0.409. The second-order valence-electron chi connectivity index (χ2n) is 6.68. The Labute approximate surface area is 126 Å². The molecule has 0 bridgehead atoms. The van der Waals surface area contributed by atoms with Gasteiger partial charge in [-0.05, 0) is 29.0 Å². The molecule has 0 aliphatic heterocycles. The Balaban J connectivity index is 2.29. The van der Waals surface area contributed by atoms with Crippen molar-refractivity contribution in [2.75, 3.05) is 7.11 Å². The number of hydrogen-bond acceptors (Lipinski definition) is 4. The molecule has 6 heteroatoms. The molecule has 0 heterocycles. The standard InChI is InChI=1S/C15H24N2O3S/c1-14(2)13(15(14,3)4)17-21(18,19)11-6-7-12(20-5)10(8-11)9-16/h6-8,13,17H,9,16H2,1-5H3. The van der Waals surface area contributed by atoms with Gasteiger partial charge in [-0.3, -0.25) is 0 Å². The van der Waals surface area contributed by atoms with Crippen LogP contribution in [0.4, 0.5) is 0 Å². The lowest BCUT2D eigenvalue weighted by atomic mass is 10.0. The average molecular weight is 312 g/mol. The molecule has 0 spiro atoms.